The zero-order valence-corrected chi connectivity index (χ0v) is 11.3. The molecule has 0 amide bonds. The molecule has 94 valence electrons. The molecule has 2 nitrogen and oxygen atoms in total. The molecule has 1 N–H and O–H groups in total. The third-order valence-electron chi connectivity index (χ3n) is 2.97. The van der Waals surface area contributed by atoms with E-state index in [0.717, 1.165) is 26.2 Å². The summed E-state index contributed by atoms with van der Waals surface area (Å²) in [5, 5.41) is 3.55. The maximum atomic E-state index is 5.51. The second kappa shape index (κ2) is 6.41. The van der Waals surface area contributed by atoms with Crippen LogP contribution in [0.3, 0.4) is 0 Å². The number of nitrogens with one attached hydrogen (secondary N) is 1. The van der Waals surface area contributed by atoms with E-state index in [1.165, 1.54) is 18.4 Å². The van der Waals surface area contributed by atoms with Gasteiger partial charge in [-0.25, -0.2) is 0 Å². The summed E-state index contributed by atoms with van der Waals surface area (Å²) in [5.41, 5.74) is 1.72. The van der Waals surface area contributed by atoms with Gasteiger partial charge in [-0.2, -0.15) is 0 Å². The van der Waals surface area contributed by atoms with Crippen LogP contribution in [0.4, 0.5) is 0 Å². The van der Waals surface area contributed by atoms with Gasteiger partial charge in [-0.15, -0.1) is 0 Å². The van der Waals surface area contributed by atoms with Gasteiger partial charge in [0.25, 0.3) is 0 Å². The van der Waals surface area contributed by atoms with Gasteiger partial charge in [0.1, 0.15) is 0 Å². The van der Waals surface area contributed by atoms with Crippen molar-refractivity contribution in [3.63, 3.8) is 0 Å². The van der Waals surface area contributed by atoms with Gasteiger partial charge in [0.05, 0.1) is 6.61 Å². The molecule has 1 unspecified atom stereocenters. The number of hydrogen-bond acceptors (Lipinski definition) is 2. The van der Waals surface area contributed by atoms with Crippen LogP contribution in [-0.4, -0.2) is 25.3 Å². The van der Waals surface area contributed by atoms with Crippen LogP contribution in [0.1, 0.15) is 47.0 Å². The minimum atomic E-state index is 0.206. The predicted molar refractivity (Wildman–Crippen MR) is 69.7 cm³/mol. The Labute approximate surface area is 100 Å². The summed E-state index contributed by atoms with van der Waals surface area (Å²) in [6.45, 7) is 11.7. The molecule has 0 bridgehead atoms. The molecule has 0 spiro atoms. The van der Waals surface area contributed by atoms with E-state index in [4.69, 9.17) is 4.74 Å². The van der Waals surface area contributed by atoms with Crippen LogP contribution in [0.25, 0.3) is 0 Å². The van der Waals surface area contributed by atoms with E-state index in [9.17, 15) is 0 Å². The van der Waals surface area contributed by atoms with Gasteiger partial charge in [0.15, 0.2) is 0 Å². The Morgan fingerprint density at radius 3 is 2.69 bits per heavy atom. The Bertz CT molecular complexity index is 221. The molecule has 1 aliphatic rings. The van der Waals surface area contributed by atoms with Gasteiger partial charge in [0.2, 0.25) is 0 Å². The summed E-state index contributed by atoms with van der Waals surface area (Å²) in [7, 11) is 0. The fourth-order valence-corrected chi connectivity index (χ4v) is 1.91. The van der Waals surface area contributed by atoms with Crippen LogP contribution < -0.4 is 5.32 Å². The van der Waals surface area contributed by atoms with Gasteiger partial charge in [-0.3, -0.25) is 0 Å². The Kier molecular flexibility index (Phi) is 5.50. The third-order valence-corrected chi connectivity index (χ3v) is 2.97. The first-order valence-electron chi connectivity index (χ1n) is 6.53. The monoisotopic (exact) mass is 225 g/mol. The van der Waals surface area contributed by atoms with Crippen molar-refractivity contribution in [1.29, 1.82) is 0 Å². The highest BCUT2D eigenvalue weighted by Gasteiger charge is 2.13. The molecule has 0 radical (unpaired) electrons. The number of rotatable bonds is 4. The molecule has 1 heterocycles. The normalized spacial score (nSPS) is 23.5. The molecular formula is C14H27NO. The first-order chi connectivity index (χ1) is 7.51. The zero-order valence-electron chi connectivity index (χ0n) is 11.3. The average Bonchev–Trinajstić information content (AvgIpc) is 2.24. The highest BCUT2D eigenvalue weighted by atomic mass is 16.5. The van der Waals surface area contributed by atoms with Gasteiger partial charge < -0.3 is 10.1 Å². The van der Waals surface area contributed by atoms with Crippen molar-refractivity contribution in [2.75, 3.05) is 19.8 Å². The van der Waals surface area contributed by atoms with Crippen LogP contribution in [0, 0.1) is 5.92 Å². The van der Waals surface area contributed by atoms with Crippen molar-refractivity contribution in [2.24, 2.45) is 5.92 Å². The first-order valence-corrected chi connectivity index (χ1v) is 6.53. The second-order valence-electron chi connectivity index (χ2n) is 5.76. The maximum absolute atomic E-state index is 5.51. The van der Waals surface area contributed by atoms with Crippen molar-refractivity contribution < 1.29 is 4.74 Å². The summed E-state index contributed by atoms with van der Waals surface area (Å²) < 4.78 is 5.51. The molecule has 1 atom stereocenters. The molecule has 1 saturated heterocycles. The predicted octanol–water partition coefficient (Wildman–Crippen LogP) is 3.14. The molecule has 1 rings (SSSR count). The highest BCUT2D eigenvalue weighted by molar-refractivity contribution is 5.07. The number of ether oxygens (including phenoxy) is 1. The first kappa shape index (κ1) is 13.7. The quantitative estimate of drug-likeness (QED) is 0.742. The number of hydrogen-bond donors (Lipinski definition) is 1. The minimum Gasteiger partial charge on any atom is -0.381 e. The van der Waals surface area contributed by atoms with Crippen LogP contribution in [-0.2, 0) is 4.74 Å². The Morgan fingerprint density at radius 2 is 2.19 bits per heavy atom. The van der Waals surface area contributed by atoms with E-state index in [1.807, 2.05) is 0 Å². The third kappa shape index (κ3) is 5.66. The lowest BCUT2D eigenvalue weighted by Gasteiger charge is -2.23. The van der Waals surface area contributed by atoms with E-state index in [1.54, 1.807) is 0 Å². The molecule has 0 aromatic carbocycles. The van der Waals surface area contributed by atoms with Crippen molar-refractivity contribution in [3.05, 3.63) is 11.6 Å². The lowest BCUT2D eigenvalue weighted by molar-refractivity contribution is 0.0707. The van der Waals surface area contributed by atoms with Crippen molar-refractivity contribution >= 4 is 0 Å². The Morgan fingerprint density at radius 1 is 1.44 bits per heavy atom. The summed E-state index contributed by atoms with van der Waals surface area (Å²) in [4.78, 5) is 0. The van der Waals surface area contributed by atoms with E-state index in [-0.39, 0.29) is 5.54 Å². The molecule has 0 aliphatic carbocycles. The van der Waals surface area contributed by atoms with E-state index in [2.05, 4.69) is 39.1 Å². The smallest absolute Gasteiger partial charge is 0.0528 e. The largest absolute Gasteiger partial charge is 0.381 e. The average molecular weight is 225 g/mol. The molecule has 2 heteroatoms. The fraction of sp³-hybridized carbons (Fsp3) is 0.857. The van der Waals surface area contributed by atoms with Crippen molar-refractivity contribution in [2.45, 2.75) is 52.5 Å². The Hall–Kier alpha value is -0.340. The lowest BCUT2D eigenvalue weighted by Crippen LogP contribution is -2.37. The molecular weight excluding hydrogens is 198 g/mol. The van der Waals surface area contributed by atoms with Crippen LogP contribution >= 0.6 is 0 Å². The summed E-state index contributed by atoms with van der Waals surface area (Å²) in [6, 6.07) is 0. The van der Waals surface area contributed by atoms with Crippen molar-refractivity contribution in [1.82, 2.24) is 5.32 Å². The van der Waals surface area contributed by atoms with Crippen LogP contribution in [0.5, 0.6) is 0 Å². The summed E-state index contributed by atoms with van der Waals surface area (Å²) in [6.07, 6.45) is 6.07. The van der Waals surface area contributed by atoms with Gasteiger partial charge in [-0.1, -0.05) is 18.6 Å². The zero-order chi connectivity index (χ0) is 12.0. The van der Waals surface area contributed by atoms with E-state index in [0.29, 0.717) is 5.92 Å². The SMILES string of the molecule is CCC(=CC1CCCOC1)CNC(C)(C)C. The van der Waals surface area contributed by atoms with E-state index < -0.39 is 0 Å². The molecule has 1 fully saturated rings. The Balaban J connectivity index is 2.42. The lowest BCUT2D eigenvalue weighted by atomic mass is 9.97. The molecule has 0 saturated carbocycles. The molecule has 1 aliphatic heterocycles. The topological polar surface area (TPSA) is 21.3 Å². The summed E-state index contributed by atoms with van der Waals surface area (Å²) in [5.74, 6) is 0.644. The minimum absolute atomic E-state index is 0.206. The van der Waals surface area contributed by atoms with Gasteiger partial charge >= 0.3 is 0 Å². The van der Waals surface area contributed by atoms with Gasteiger partial charge in [0, 0.05) is 24.6 Å². The van der Waals surface area contributed by atoms with Gasteiger partial charge in [-0.05, 0) is 40.0 Å². The van der Waals surface area contributed by atoms with E-state index >= 15 is 0 Å². The second-order valence-corrected chi connectivity index (χ2v) is 5.76. The maximum Gasteiger partial charge on any atom is 0.0528 e. The van der Waals surface area contributed by atoms with Crippen molar-refractivity contribution in [3.8, 4) is 0 Å². The standard InChI is InChI=1S/C14H27NO/c1-5-12(10-15-14(2,3)4)9-13-7-6-8-16-11-13/h9,13,15H,5-8,10-11H2,1-4H3. The molecule has 16 heavy (non-hydrogen) atoms. The summed E-state index contributed by atoms with van der Waals surface area (Å²) >= 11 is 0. The molecule has 0 aromatic rings. The molecule has 0 aromatic heterocycles. The highest BCUT2D eigenvalue weighted by Crippen LogP contribution is 2.17. The fourth-order valence-electron chi connectivity index (χ4n) is 1.91. The van der Waals surface area contributed by atoms with Crippen LogP contribution in [0.15, 0.2) is 11.6 Å². The van der Waals surface area contributed by atoms with Crippen LogP contribution in [0.2, 0.25) is 0 Å².